The number of hydrogen-bond acceptors (Lipinski definition) is 3. The van der Waals surface area contributed by atoms with Crippen molar-refractivity contribution < 1.29 is 9.53 Å². The molecule has 0 aliphatic rings. The predicted octanol–water partition coefficient (Wildman–Crippen LogP) is 5.17. The van der Waals surface area contributed by atoms with E-state index < -0.39 is 5.91 Å². The average Bonchev–Trinajstić information content (AvgIpc) is 2.71. The molecule has 3 aromatic carbocycles. The van der Waals surface area contributed by atoms with Gasteiger partial charge in [0.05, 0.1) is 6.61 Å². The van der Waals surface area contributed by atoms with Gasteiger partial charge in [0.2, 0.25) is 0 Å². The number of carbonyl (C=O) groups is 1. The summed E-state index contributed by atoms with van der Waals surface area (Å²) >= 11 is 0. The molecule has 0 bridgehead atoms. The summed E-state index contributed by atoms with van der Waals surface area (Å²) in [6, 6.07) is 22.8. The lowest BCUT2D eigenvalue weighted by molar-refractivity contribution is -0.112. The molecule has 0 aromatic heterocycles. The van der Waals surface area contributed by atoms with E-state index in [1.54, 1.807) is 6.08 Å². The Labute approximate surface area is 158 Å². The molecule has 0 atom stereocenters. The van der Waals surface area contributed by atoms with Gasteiger partial charge in [-0.25, -0.2) is 0 Å². The highest BCUT2D eigenvalue weighted by Crippen LogP contribution is 2.23. The maximum Gasteiger partial charge on any atom is 0.266 e. The van der Waals surface area contributed by atoms with Crippen molar-refractivity contribution in [2.24, 2.45) is 0 Å². The molecule has 0 spiro atoms. The van der Waals surface area contributed by atoms with Crippen LogP contribution in [-0.4, -0.2) is 12.5 Å². The maximum absolute atomic E-state index is 12.6. The van der Waals surface area contributed by atoms with Gasteiger partial charge in [-0.3, -0.25) is 4.79 Å². The fraction of sp³-hybridized carbons (Fsp3) is 0.130. The van der Waals surface area contributed by atoms with Gasteiger partial charge in [0.25, 0.3) is 5.91 Å². The summed E-state index contributed by atoms with van der Waals surface area (Å²) < 4.78 is 5.54. The highest BCUT2D eigenvalue weighted by atomic mass is 16.5. The first-order valence-electron chi connectivity index (χ1n) is 8.85. The summed E-state index contributed by atoms with van der Waals surface area (Å²) in [7, 11) is 0. The van der Waals surface area contributed by atoms with Crippen LogP contribution in [0.25, 0.3) is 16.8 Å². The molecule has 0 unspecified atom stereocenters. The van der Waals surface area contributed by atoms with E-state index >= 15 is 0 Å². The Bertz CT molecular complexity index is 1010. The second kappa shape index (κ2) is 8.68. The molecule has 3 rings (SSSR count). The van der Waals surface area contributed by atoms with Crippen molar-refractivity contribution in [2.75, 3.05) is 11.9 Å². The number of benzene rings is 3. The van der Waals surface area contributed by atoms with E-state index in [1.165, 1.54) is 0 Å². The number of ether oxygens (including phenoxy) is 1. The molecule has 0 aliphatic carbocycles. The largest absolute Gasteiger partial charge is 0.494 e. The lowest BCUT2D eigenvalue weighted by Gasteiger charge is -2.08. The van der Waals surface area contributed by atoms with Crippen molar-refractivity contribution in [3.8, 4) is 11.8 Å². The summed E-state index contributed by atoms with van der Waals surface area (Å²) in [6.07, 6.45) is 2.51. The number of carbonyl (C=O) groups excluding carboxylic acids is 1. The summed E-state index contributed by atoms with van der Waals surface area (Å²) in [5.41, 5.74) is 1.50. The first-order valence-corrected chi connectivity index (χ1v) is 8.85. The topological polar surface area (TPSA) is 62.1 Å². The minimum Gasteiger partial charge on any atom is -0.494 e. The number of amides is 1. The van der Waals surface area contributed by atoms with Crippen molar-refractivity contribution in [3.63, 3.8) is 0 Å². The molecule has 4 nitrogen and oxygen atoms in total. The van der Waals surface area contributed by atoms with Gasteiger partial charge in [0, 0.05) is 11.1 Å². The van der Waals surface area contributed by atoms with Gasteiger partial charge < -0.3 is 10.1 Å². The molecule has 0 aliphatic heterocycles. The minimum absolute atomic E-state index is 0.0464. The number of anilines is 1. The molecule has 0 fully saturated rings. The van der Waals surface area contributed by atoms with E-state index in [2.05, 4.69) is 5.32 Å². The first kappa shape index (κ1) is 18.2. The Kier molecular flexibility index (Phi) is 5.86. The molecule has 4 heteroatoms. The van der Waals surface area contributed by atoms with Gasteiger partial charge in [-0.15, -0.1) is 0 Å². The monoisotopic (exact) mass is 356 g/mol. The SMILES string of the molecule is CCCOc1ccc(/C=C(\C#N)C(=O)Nc2cccc3ccccc23)cc1. The van der Waals surface area contributed by atoms with Crippen LogP contribution < -0.4 is 10.1 Å². The van der Waals surface area contributed by atoms with Gasteiger partial charge in [0.15, 0.2) is 0 Å². The predicted molar refractivity (Wildman–Crippen MR) is 108 cm³/mol. The standard InChI is InChI=1S/C23H20N2O2/c1-2-14-27-20-12-10-17(11-13-20)15-19(16-24)23(26)25-22-9-5-7-18-6-3-4-8-21(18)22/h3-13,15H,2,14H2,1H3,(H,25,26)/b19-15+. The molecule has 1 amide bonds. The average molecular weight is 356 g/mol. The van der Waals surface area contributed by atoms with E-state index in [1.807, 2.05) is 79.7 Å². The van der Waals surface area contributed by atoms with Gasteiger partial charge in [0.1, 0.15) is 17.4 Å². The second-order valence-electron chi connectivity index (χ2n) is 6.07. The molecule has 1 N–H and O–H groups in total. The Morgan fingerprint density at radius 2 is 1.81 bits per heavy atom. The van der Waals surface area contributed by atoms with Crippen LogP contribution in [0.5, 0.6) is 5.75 Å². The highest BCUT2D eigenvalue weighted by Gasteiger charge is 2.11. The second-order valence-corrected chi connectivity index (χ2v) is 6.07. The Hall–Kier alpha value is -3.58. The number of nitrogens with one attached hydrogen (secondary N) is 1. The molecule has 27 heavy (non-hydrogen) atoms. The van der Waals surface area contributed by atoms with Crippen LogP contribution in [0, 0.1) is 11.3 Å². The van der Waals surface area contributed by atoms with Crippen molar-refractivity contribution >= 4 is 28.4 Å². The van der Waals surface area contributed by atoms with Crippen LogP contribution in [0.1, 0.15) is 18.9 Å². The van der Waals surface area contributed by atoms with Gasteiger partial charge in [-0.1, -0.05) is 55.5 Å². The molecule has 0 radical (unpaired) electrons. The van der Waals surface area contributed by atoms with E-state index in [9.17, 15) is 10.1 Å². The summed E-state index contributed by atoms with van der Waals surface area (Å²) in [5.74, 6) is 0.341. The maximum atomic E-state index is 12.6. The summed E-state index contributed by atoms with van der Waals surface area (Å²) in [4.78, 5) is 12.6. The molecule has 0 saturated carbocycles. The van der Waals surface area contributed by atoms with Gasteiger partial charge >= 0.3 is 0 Å². The number of nitriles is 1. The molecular weight excluding hydrogens is 336 g/mol. The summed E-state index contributed by atoms with van der Waals surface area (Å²) in [6.45, 7) is 2.71. The normalized spacial score (nSPS) is 11.0. The zero-order valence-corrected chi connectivity index (χ0v) is 15.1. The van der Waals surface area contributed by atoms with Crippen molar-refractivity contribution in [1.29, 1.82) is 5.26 Å². The van der Waals surface area contributed by atoms with E-state index in [0.29, 0.717) is 12.3 Å². The van der Waals surface area contributed by atoms with Crippen LogP contribution in [0.2, 0.25) is 0 Å². The first-order chi connectivity index (χ1) is 13.2. The molecule has 134 valence electrons. The van der Waals surface area contributed by atoms with E-state index in [4.69, 9.17) is 4.74 Å². The summed E-state index contributed by atoms with van der Waals surface area (Å²) in [5, 5.41) is 14.2. The number of nitrogens with zero attached hydrogens (tertiary/aromatic N) is 1. The van der Waals surface area contributed by atoms with Gasteiger partial charge in [-0.2, -0.15) is 5.26 Å². The third-order valence-electron chi connectivity index (χ3n) is 4.07. The zero-order chi connectivity index (χ0) is 19.1. The lowest BCUT2D eigenvalue weighted by atomic mass is 10.1. The number of hydrogen-bond donors (Lipinski definition) is 1. The van der Waals surface area contributed by atoms with E-state index in [0.717, 1.165) is 28.5 Å². The fourth-order valence-corrected chi connectivity index (χ4v) is 2.72. The van der Waals surface area contributed by atoms with Crippen molar-refractivity contribution in [1.82, 2.24) is 0 Å². The minimum atomic E-state index is -0.430. The third-order valence-corrected chi connectivity index (χ3v) is 4.07. The molecule has 0 saturated heterocycles. The van der Waals surface area contributed by atoms with Crippen molar-refractivity contribution in [2.45, 2.75) is 13.3 Å². The van der Waals surface area contributed by atoms with Crippen LogP contribution in [-0.2, 0) is 4.79 Å². The van der Waals surface area contributed by atoms with E-state index in [-0.39, 0.29) is 5.57 Å². The van der Waals surface area contributed by atoms with Crippen LogP contribution in [0.15, 0.2) is 72.3 Å². The van der Waals surface area contributed by atoms with Crippen LogP contribution >= 0.6 is 0 Å². The van der Waals surface area contributed by atoms with Gasteiger partial charge in [-0.05, 0) is 41.6 Å². The zero-order valence-electron chi connectivity index (χ0n) is 15.1. The lowest BCUT2D eigenvalue weighted by Crippen LogP contribution is -2.13. The fourth-order valence-electron chi connectivity index (χ4n) is 2.72. The quantitative estimate of drug-likeness (QED) is 0.489. The number of fused-ring (bicyclic) bond motifs is 1. The Balaban J connectivity index is 1.79. The third kappa shape index (κ3) is 4.53. The molecule has 0 heterocycles. The Morgan fingerprint density at radius 1 is 1.07 bits per heavy atom. The molecular formula is C23H20N2O2. The van der Waals surface area contributed by atoms with Crippen LogP contribution in [0.4, 0.5) is 5.69 Å². The molecule has 3 aromatic rings. The number of rotatable bonds is 6. The Morgan fingerprint density at radius 3 is 2.56 bits per heavy atom. The highest BCUT2D eigenvalue weighted by molar-refractivity contribution is 6.12. The van der Waals surface area contributed by atoms with Crippen LogP contribution in [0.3, 0.4) is 0 Å². The smallest absolute Gasteiger partial charge is 0.266 e. The van der Waals surface area contributed by atoms with Crippen molar-refractivity contribution in [3.05, 3.63) is 77.9 Å².